The molecule has 1 amide bonds. The summed E-state index contributed by atoms with van der Waals surface area (Å²) < 4.78 is 11.7. The molecule has 1 aromatic heterocycles. The van der Waals surface area contributed by atoms with Gasteiger partial charge in [-0.25, -0.2) is 0 Å². The smallest absolute Gasteiger partial charge is 0.223 e. The predicted molar refractivity (Wildman–Crippen MR) is 125 cm³/mol. The lowest BCUT2D eigenvalue weighted by atomic mass is 9.77. The molecule has 7 heteroatoms. The van der Waals surface area contributed by atoms with Gasteiger partial charge in [0, 0.05) is 55.4 Å². The van der Waals surface area contributed by atoms with Crippen LogP contribution in [0.3, 0.4) is 0 Å². The zero-order valence-electron chi connectivity index (χ0n) is 18.8. The number of likely N-dealkylation sites (tertiary alicyclic amines) is 1. The zero-order chi connectivity index (χ0) is 22.4. The second kappa shape index (κ2) is 10.6. The largest absolute Gasteiger partial charge is 0.493 e. The molecule has 0 unspecified atom stereocenters. The SMILES string of the molecule is Cc1cc(OC[C@@]2(CC(=O)N3CCOCC3)CCCN(Cc3cccnc3)C2)ccc1Cl. The number of piperidine rings is 1. The maximum Gasteiger partial charge on any atom is 0.223 e. The number of rotatable bonds is 7. The Bertz CT molecular complexity index is 905. The number of pyridine rings is 1. The molecule has 0 radical (unpaired) electrons. The van der Waals surface area contributed by atoms with Crippen LogP contribution in [0.5, 0.6) is 5.75 Å². The molecule has 0 aliphatic carbocycles. The lowest BCUT2D eigenvalue weighted by Crippen LogP contribution is -2.50. The van der Waals surface area contributed by atoms with Crippen LogP contribution in [-0.4, -0.2) is 66.7 Å². The molecule has 1 atom stereocenters. The van der Waals surface area contributed by atoms with Crippen molar-refractivity contribution in [2.45, 2.75) is 32.7 Å². The maximum atomic E-state index is 13.2. The fourth-order valence-corrected chi connectivity index (χ4v) is 4.81. The van der Waals surface area contributed by atoms with Gasteiger partial charge in [0.15, 0.2) is 0 Å². The third kappa shape index (κ3) is 6.00. The van der Waals surface area contributed by atoms with Gasteiger partial charge >= 0.3 is 0 Å². The molecular weight excluding hydrogens is 426 g/mol. The molecule has 0 spiro atoms. The molecule has 2 saturated heterocycles. The van der Waals surface area contributed by atoms with E-state index in [4.69, 9.17) is 21.1 Å². The Labute approximate surface area is 195 Å². The third-order valence-electron chi connectivity index (χ3n) is 6.43. The first-order valence-corrected chi connectivity index (χ1v) is 11.8. The van der Waals surface area contributed by atoms with Crippen molar-refractivity contribution < 1.29 is 14.3 Å². The highest BCUT2D eigenvalue weighted by molar-refractivity contribution is 6.31. The number of hydrogen-bond acceptors (Lipinski definition) is 5. The second-order valence-electron chi connectivity index (χ2n) is 9.05. The quantitative estimate of drug-likeness (QED) is 0.630. The number of carbonyl (C=O) groups is 1. The van der Waals surface area contributed by atoms with Crippen LogP contribution in [0.15, 0.2) is 42.7 Å². The fourth-order valence-electron chi connectivity index (χ4n) is 4.70. The van der Waals surface area contributed by atoms with E-state index in [0.29, 0.717) is 39.3 Å². The number of hydrogen-bond donors (Lipinski definition) is 0. The molecule has 172 valence electrons. The van der Waals surface area contributed by atoms with Gasteiger partial charge in [0.2, 0.25) is 5.91 Å². The van der Waals surface area contributed by atoms with Crippen LogP contribution in [0.4, 0.5) is 0 Å². The van der Waals surface area contributed by atoms with Crippen molar-refractivity contribution in [3.05, 3.63) is 58.9 Å². The molecule has 2 aromatic rings. The van der Waals surface area contributed by atoms with Crippen molar-refractivity contribution in [1.29, 1.82) is 0 Å². The monoisotopic (exact) mass is 457 g/mol. The molecule has 1 aromatic carbocycles. The van der Waals surface area contributed by atoms with Gasteiger partial charge in [-0.3, -0.25) is 14.7 Å². The van der Waals surface area contributed by atoms with Crippen molar-refractivity contribution >= 4 is 17.5 Å². The van der Waals surface area contributed by atoms with Gasteiger partial charge in [0.05, 0.1) is 19.8 Å². The summed E-state index contributed by atoms with van der Waals surface area (Å²) in [6.07, 6.45) is 6.22. The summed E-state index contributed by atoms with van der Waals surface area (Å²) in [5, 5.41) is 0.731. The number of carbonyl (C=O) groups excluding carboxylic acids is 1. The molecule has 32 heavy (non-hydrogen) atoms. The Balaban J connectivity index is 1.49. The predicted octanol–water partition coefficient (Wildman–Crippen LogP) is 3.95. The van der Waals surface area contributed by atoms with Crippen LogP contribution in [-0.2, 0) is 16.1 Å². The van der Waals surface area contributed by atoms with E-state index in [9.17, 15) is 4.79 Å². The van der Waals surface area contributed by atoms with Gasteiger partial charge in [0.1, 0.15) is 5.75 Å². The van der Waals surface area contributed by atoms with Crippen LogP contribution < -0.4 is 4.74 Å². The Morgan fingerprint density at radius 2 is 2.09 bits per heavy atom. The van der Waals surface area contributed by atoms with Crippen LogP contribution in [0.1, 0.15) is 30.4 Å². The van der Waals surface area contributed by atoms with Crippen molar-refractivity contribution in [3.63, 3.8) is 0 Å². The van der Waals surface area contributed by atoms with E-state index in [2.05, 4.69) is 16.0 Å². The van der Waals surface area contributed by atoms with E-state index in [1.807, 2.05) is 42.3 Å². The Hall–Kier alpha value is -2.15. The van der Waals surface area contributed by atoms with Gasteiger partial charge in [-0.05, 0) is 61.7 Å². The van der Waals surface area contributed by atoms with Crippen molar-refractivity contribution in [2.24, 2.45) is 5.41 Å². The molecule has 2 fully saturated rings. The van der Waals surface area contributed by atoms with Gasteiger partial charge in [-0.15, -0.1) is 0 Å². The zero-order valence-corrected chi connectivity index (χ0v) is 19.5. The number of morpholine rings is 1. The van der Waals surface area contributed by atoms with E-state index < -0.39 is 0 Å². The Morgan fingerprint density at radius 3 is 2.84 bits per heavy atom. The lowest BCUT2D eigenvalue weighted by Gasteiger charge is -2.43. The normalized spacial score (nSPS) is 22.0. The number of aromatic nitrogens is 1. The Kier molecular flexibility index (Phi) is 7.66. The second-order valence-corrected chi connectivity index (χ2v) is 9.45. The number of ether oxygens (including phenoxy) is 2. The Morgan fingerprint density at radius 1 is 1.25 bits per heavy atom. The highest BCUT2D eigenvalue weighted by Crippen LogP contribution is 2.36. The van der Waals surface area contributed by atoms with Crippen LogP contribution in [0, 0.1) is 12.3 Å². The van der Waals surface area contributed by atoms with Crippen LogP contribution >= 0.6 is 11.6 Å². The average Bonchev–Trinajstić information content (AvgIpc) is 2.81. The van der Waals surface area contributed by atoms with Crippen molar-refractivity contribution in [2.75, 3.05) is 46.0 Å². The minimum atomic E-state index is -0.233. The number of benzene rings is 1. The first-order chi connectivity index (χ1) is 15.5. The molecule has 0 bridgehead atoms. The number of halogens is 1. The topological polar surface area (TPSA) is 54.9 Å². The van der Waals surface area contributed by atoms with Crippen molar-refractivity contribution in [1.82, 2.24) is 14.8 Å². The van der Waals surface area contributed by atoms with Crippen LogP contribution in [0.25, 0.3) is 0 Å². The van der Waals surface area contributed by atoms with Gasteiger partial charge in [-0.2, -0.15) is 0 Å². The molecule has 4 rings (SSSR count). The molecule has 0 N–H and O–H groups in total. The summed E-state index contributed by atoms with van der Waals surface area (Å²) >= 11 is 6.18. The maximum absolute atomic E-state index is 13.2. The third-order valence-corrected chi connectivity index (χ3v) is 6.86. The molecule has 2 aliphatic rings. The summed E-state index contributed by atoms with van der Waals surface area (Å²) in [5.74, 6) is 1.00. The first-order valence-electron chi connectivity index (χ1n) is 11.4. The standard InChI is InChI=1S/C25H32ClN3O3/c1-20-14-22(5-6-23(20)26)32-19-25(15-24(30)29-10-12-31-13-11-29)7-3-9-28(18-25)17-21-4-2-8-27-16-21/h2,4-6,8,14,16H,3,7,9-13,15,17-19H2,1H3/t25-/m1/s1. The van der Waals surface area contributed by atoms with E-state index in [-0.39, 0.29) is 11.3 Å². The summed E-state index contributed by atoms with van der Waals surface area (Å²) in [6, 6.07) is 9.82. The highest BCUT2D eigenvalue weighted by atomic mass is 35.5. The lowest BCUT2D eigenvalue weighted by molar-refractivity contribution is -0.139. The van der Waals surface area contributed by atoms with E-state index in [1.165, 1.54) is 5.56 Å². The first kappa shape index (κ1) is 23.0. The summed E-state index contributed by atoms with van der Waals surface area (Å²) in [7, 11) is 0. The minimum Gasteiger partial charge on any atom is -0.493 e. The van der Waals surface area contributed by atoms with E-state index in [1.54, 1.807) is 6.20 Å². The minimum absolute atomic E-state index is 0.201. The fraction of sp³-hybridized carbons (Fsp3) is 0.520. The highest BCUT2D eigenvalue weighted by Gasteiger charge is 2.39. The summed E-state index contributed by atoms with van der Waals surface area (Å²) in [5.41, 5.74) is 1.95. The van der Waals surface area contributed by atoms with Gasteiger partial charge in [0.25, 0.3) is 0 Å². The van der Waals surface area contributed by atoms with Gasteiger partial charge < -0.3 is 14.4 Å². The van der Waals surface area contributed by atoms with Crippen LogP contribution in [0.2, 0.25) is 5.02 Å². The molecule has 2 aliphatic heterocycles. The summed E-state index contributed by atoms with van der Waals surface area (Å²) in [6.45, 7) is 7.74. The molecular formula is C25H32ClN3O3. The number of amides is 1. The van der Waals surface area contributed by atoms with Crippen molar-refractivity contribution in [3.8, 4) is 5.75 Å². The number of nitrogens with zero attached hydrogens (tertiary/aromatic N) is 3. The van der Waals surface area contributed by atoms with E-state index in [0.717, 1.165) is 48.8 Å². The molecule has 6 nitrogen and oxygen atoms in total. The number of aryl methyl sites for hydroxylation is 1. The molecule has 0 saturated carbocycles. The average molecular weight is 458 g/mol. The summed E-state index contributed by atoms with van der Waals surface area (Å²) in [4.78, 5) is 21.8. The van der Waals surface area contributed by atoms with Gasteiger partial charge in [-0.1, -0.05) is 17.7 Å². The molecule has 3 heterocycles. The van der Waals surface area contributed by atoms with E-state index >= 15 is 0 Å².